The van der Waals surface area contributed by atoms with Crippen molar-refractivity contribution in [1.29, 1.82) is 0 Å². The van der Waals surface area contributed by atoms with Gasteiger partial charge < -0.3 is 0 Å². The number of carbonyl (C=O) groups excluding carboxylic acids is 1. The van der Waals surface area contributed by atoms with E-state index in [1.807, 2.05) is 28.8 Å². The largest absolute Gasteiger partial charge is 0.297 e. The lowest BCUT2D eigenvalue weighted by Gasteiger charge is -2.17. The van der Waals surface area contributed by atoms with Gasteiger partial charge in [-0.05, 0) is 61.7 Å². The van der Waals surface area contributed by atoms with Crippen LogP contribution in [0.5, 0.6) is 0 Å². The lowest BCUT2D eigenvalue weighted by Crippen LogP contribution is -2.24. The standard InChI is InChI=1S/C23H25ClN2O/c1-16-3-8-22-19(11-16)13-21(15-25-10-9-17(2)14-25)26(22)23(27)12-18-4-6-20(24)7-5-18/h3-8,11,13,17H,9-10,12,14-15H2,1-2H3. The average molecular weight is 381 g/mol. The molecule has 0 N–H and O–H groups in total. The summed E-state index contributed by atoms with van der Waals surface area (Å²) in [5.74, 6) is 0.841. The third-order valence-electron chi connectivity index (χ3n) is 5.44. The number of aromatic nitrogens is 1. The van der Waals surface area contributed by atoms with Crippen molar-refractivity contribution in [2.45, 2.75) is 33.2 Å². The SMILES string of the molecule is Cc1ccc2c(c1)cc(CN1CCC(C)C1)n2C(=O)Cc1ccc(Cl)cc1. The molecule has 1 aliphatic rings. The van der Waals surface area contributed by atoms with Crippen LogP contribution < -0.4 is 0 Å². The van der Waals surface area contributed by atoms with Gasteiger partial charge in [-0.15, -0.1) is 0 Å². The summed E-state index contributed by atoms with van der Waals surface area (Å²) in [6.07, 6.45) is 1.61. The minimum absolute atomic E-state index is 0.110. The molecular formula is C23H25ClN2O. The maximum absolute atomic E-state index is 13.2. The number of carbonyl (C=O) groups is 1. The molecule has 1 atom stereocenters. The molecule has 1 saturated heterocycles. The summed E-state index contributed by atoms with van der Waals surface area (Å²) < 4.78 is 1.92. The summed E-state index contributed by atoms with van der Waals surface area (Å²) in [6.45, 7) is 7.42. The minimum atomic E-state index is 0.110. The molecule has 2 heterocycles. The van der Waals surface area contributed by atoms with Gasteiger partial charge in [0.1, 0.15) is 0 Å². The molecule has 0 saturated carbocycles. The molecule has 0 aliphatic carbocycles. The van der Waals surface area contributed by atoms with Gasteiger partial charge in [-0.3, -0.25) is 14.3 Å². The Morgan fingerprint density at radius 2 is 1.93 bits per heavy atom. The van der Waals surface area contributed by atoms with Crippen LogP contribution in [-0.2, 0) is 13.0 Å². The normalized spacial score (nSPS) is 17.7. The minimum Gasteiger partial charge on any atom is -0.297 e. The number of hydrogen-bond donors (Lipinski definition) is 0. The van der Waals surface area contributed by atoms with E-state index in [2.05, 4.69) is 43.0 Å². The molecule has 1 aliphatic heterocycles. The van der Waals surface area contributed by atoms with Crippen molar-refractivity contribution >= 4 is 28.4 Å². The number of halogens is 1. The molecule has 1 aromatic heterocycles. The third-order valence-corrected chi connectivity index (χ3v) is 5.70. The van der Waals surface area contributed by atoms with E-state index in [0.717, 1.165) is 47.7 Å². The maximum Gasteiger partial charge on any atom is 0.235 e. The van der Waals surface area contributed by atoms with Crippen LogP contribution >= 0.6 is 11.6 Å². The summed E-state index contributed by atoms with van der Waals surface area (Å²) in [6, 6.07) is 16.0. The molecule has 140 valence electrons. The van der Waals surface area contributed by atoms with Gasteiger partial charge in [-0.2, -0.15) is 0 Å². The molecule has 2 aromatic carbocycles. The molecule has 1 unspecified atom stereocenters. The van der Waals surface area contributed by atoms with Crippen molar-refractivity contribution in [3.8, 4) is 0 Å². The predicted molar refractivity (Wildman–Crippen MR) is 112 cm³/mol. The molecular weight excluding hydrogens is 356 g/mol. The van der Waals surface area contributed by atoms with E-state index in [4.69, 9.17) is 11.6 Å². The highest BCUT2D eigenvalue weighted by Gasteiger charge is 2.22. The first-order chi connectivity index (χ1) is 13.0. The van der Waals surface area contributed by atoms with Crippen LogP contribution in [0.25, 0.3) is 10.9 Å². The molecule has 0 bridgehead atoms. The number of rotatable bonds is 4. The van der Waals surface area contributed by atoms with E-state index >= 15 is 0 Å². The smallest absolute Gasteiger partial charge is 0.235 e. The second-order valence-corrected chi connectivity index (χ2v) is 8.30. The number of likely N-dealkylation sites (tertiary alicyclic amines) is 1. The van der Waals surface area contributed by atoms with Crippen LogP contribution in [0, 0.1) is 12.8 Å². The number of benzene rings is 2. The van der Waals surface area contributed by atoms with E-state index in [9.17, 15) is 4.79 Å². The van der Waals surface area contributed by atoms with E-state index in [0.29, 0.717) is 11.4 Å². The molecule has 4 heteroatoms. The highest BCUT2D eigenvalue weighted by molar-refractivity contribution is 6.30. The van der Waals surface area contributed by atoms with Gasteiger partial charge in [0.05, 0.1) is 11.9 Å². The third kappa shape index (κ3) is 3.95. The fourth-order valence-electron chi connectivity index (χ4n) is 4.06. The summed E-state index contributed by atoms with van der Waals surface area (Å²) in [4.78, 5) is 15.7. The lowest BCUT2D eigenvalue weighted by atomic mass is 10.1. The monoisotopic (exact) mass is 380 g/mol. The number of nitrogens with zero attached hydrogens (tertiary/aromatic N) is 2. The van der Waals surface area contributed by atoms with Crippen LogP contribution in [0.15, 0.2) is 48.5 Å². The average Bonchev–Trinajstić information content (AvgIpc) is 3.19. The van der Waals surface area contributed by atoms with E-state index in [-0.39, 0.29) is 5.91 Å². The van der Waals surface area contributed by atoms with Crippen molar-refractivity contribution in [3.63, 3.8) is 0 Å². The van der Waals surface area contributed by atoms with Gasteiger partial charge >= 0.3 is 0 Å². The van der Waals surface area contributed by atoms with Crippen LogP contribution in [0.1, 0.15) is 35.0 Å². The molecule has 3 nitrogen and oxygen atoms in total. The van der Waals surface area contributed by atoms with Crippen molar-refractivity contribution < 1.29 is 4.79 Å². The second kappa shape index (κ2) is 7.49. The van der Waals surface area contributed by atoms with Crippen molar-refractivity contribution in [2.75, 3.05) is 13.1 Å². The van der Waals surface area contributed by atoms with E-state index in [1.54, 1.807) is 0 Å². The Balaban J connectivity index is 1.68. The van der Waals surface area contributed by atoms with Crippen LogP contribution in [0.3, 0.4) is 0 Å². The number of fused-ring (bicyclic) bond motifs is 1. The topological polar surface area (TPSA) is 25.2 Å². The first-order valence-electron chi connectivity index (χ1n) is 9.60. The van der Waals surface area contributed by atoms with Crippen molar-refractivity contribution in [3.05, 3.63) is 70.4 Å². The Bertz CT molecular complexity index is 974. The number of aryl methyl sites for hydroxylation is 1. The Morgan fingerprint density at radius 3 is 2.63 bits per heavy atom. The second-order valence-electron chi connectivity index (χ2n) is 7.86. The fourth-order valence-corrected chi connectivity index (χ4v) is 4.18. The molecule has 27 heavy (non-hydrogen) atoms. The van der Waals surface area contributed by atoms with Gasteiger partial charge in [0.25, 0.3) is 0 Å². The van der Waals surface area contributed by atoms with E-state index in [1.165, 1.54) is 12.0 Å². The van der Waals surface area contributed by atoms with Crippen molar-refractivity contribution in [2.24, 2.45) is 5.92 Å². The molecule has 0 amide bonds. The zero-order chi connectivity index (χ0) is 19.0. The predicted octanol–water partition coefficient (Wildman–Crippen LogP) is 5.33. The zero-order valence-electron chi connectivity index (χ0n) is 15.9. The molecule has 0 radical (unpaired) electrons. The molecule has 3 aromatic rings. The summed E-state index contributed by atoms with van der Waals surface area (Å²) in [5, 5.41) is 1.83. The van der Waals surface area contributed by atoms with Crippen molar-refractivity contribution in [1.82, 2.24) is 9.47 Å². The summed E-state index contributed by atoms with van der Waals surface area (Å²) in [7, 11) is 0. The van der Waals surface area contributed by atoms with Gasteiger partial charge in [0.15, 0.2) is 0 Å². The van der Waals surface area contributed by atoms with Crippen LogP contribution in [0.2, 0.25) is 5.02 Å². The van der Waals surface area contributed by atoms with Crippen LogP contribution in [0.4, 0.5) is 0 Å². The maximum atomic E-state index is 13.2. The molecule has 1 fully saturated rings. The lowest BCUT2D eigenvalue weighted by molar-refractivity contribution is 0.0913. The van der Waals surface area contributed by atoms with E-state index < -0.39 is 0 Å². The Morgan fingerprint density at radius 1 is 1.15 bits per heavy atom. The molecule has 4 rings (SSSR count). The van der Waals surface area contributed by atoms with Crippen LogP contribution in [-0.4, -0.2) is 28.5 Å². The Labute approximate surface area is 165 Å². The highest BCUT2D eigenvalue weighted by Crippen LogP contribution is 2.25. The Kier molecular flexibility index (Phi) is 5.07. The first-order valence-corrected chi connectivity index (χ1v) is 9.98. The first kappa shape index (κ1) is 18.3. The fraction of sp³-hybridized carbons (Fsp3) is 0.348. The van der Waals surface area contributed by atoms with Gasteiger partial charge in [0, 0.05) is 29.2 Å². The van der Waals surface area contributed by atoms with Gasteiger partial charge in [-0.1, -0.05) is 42.3 Å². The van der Waals surface area contributed by atoms with Gasteiger partial charge in [0.2, 0.25) is 5.91 Å². The van der Waals surface area contributed by atoms with Gasteiger partial charge in [-0.25, -0.2) is 0 Å². The summed E-state index contributed by atoms with van der Waals surface area (Å²) >= 11 is 5.98. The summed E-state index contributed by atoms with van der Waals surface area (Å²) in [5.41, 5.74) is 4.29. The highest BCUT2D eigenvalue weighted by atomic mass is 35.5. The number of hydrogen-bond acceptors (Lipinski definition) is 2. The zero-order valence-corrected chi connectivity index (χ0v) is 16.7. The quantitative estimate of drug-likeness (QED) is 0.611. The molecule has 0 spiro atoms. The Hall–Kier alpha value is -2.10.